The highest BCUT2D eigenvalue weighted by Crippen LogP contribution is 2.17. The third-order valence-electron chi connectivity index (χ3n) is 2.68. The Morgan fingerprint density at radius 1 is 1.05 bits per heavy atom. The summed E-state index contributed by atoms with van der Waals surface area (Å²) in [5.41, 5.74) is 0.537. The maximum absolute atomic E-state index is 11.6. The summed E-state index contributed by atoms with van der Waals surface area (Å²) in [6.07, 6.45) is 0. The molecule has 3 rings (SSSR count). The van der Waals surface area contributed by atoms with Gasteiger partial charge in [-0.1, -0.05) is 0 Å². The molecular formula is C12H7N5O2. The molecule has 7 heteroatoms. The lowest BCUT2D eigenvalue weighted by Gasteiger charge is -1.95. The standard InChI is InChI=1S/C12H7N5O2/c13-5-6-1-3-7(4-2-6)9-14-8-10(15-9)16-12(19)17-11(8)18/h1-4H,(H3,14,15,16,17,18,19). The molecule has 0 unspecified atom stereocenters. The second-order valence-electron chi connectivity index (χ2n) is 3.91. The predicted molar refractivity (Wildman–Crippen MR) is 67.5 cm³/mol. The van der Waals surface area contributed by atoms with Crippen molar-refractivity contribution in [2.75, 3.05) is 0 Å². The van der Waals surface area contributed by atoms with Gasteiger partial charge >= 0.3 is 5.69 Å². The molecule has 19 heavy (non-hydrogen) atoms. The van der Waals surface area contributed by atoms with Gasteiger partial charge in [0.2, 0.25) is 0 Å². The van der Waals surface area contributed by atoms with Crippen LogP contribution >= 0.6 is 0 Å². The summed E-state index contributed by atoms with van der Waals surface area (Å²) in [6.45, 7) is 0. The molecule has 0 fully saturated rings. The van der Waals surface area contributed by atoms with E-state index in [2.05, 4.69) is 19.9 Å². The minimum absolute atomic E-state index is 0.202. The number of fused-ring (bicyclic) bond motifs is 1. The van der Waals surface area contributed by atoms with Crippen LogP contribution in [0.4, 0.5) is 0 Å². The average Bonchev–Trinajstić information content (AvgIpc) is 2.83. The van der Waals surface area contributed by atoms with Crippen molar-refractivity contribution < 1.29 is 0 Å². The number of aromatic amines is 3. The number of benzene rings is 1. The van der Waals surface area contributed by atoms with Crippen LogP contribution in [0.2, 0.25) is 0 Å². The van der Waals surface area contributed by atoms with Crippen LogP contribution in [0.15, 0.2) is 33.9 Å². The summed E-state index contributed by atoms with van der Waals surface area (Å²) < 4.78 is 0. The normalized spacial score (nSPS) is 10.5. The maximum Gasteiger partial charge on any atom is 0.327 e. The third kappa shape index (κ3) is 1.81. The van der Waals surface area contributed by atoms with Crippen molar-refractivity contribution >= 4 is 11.2 Å². The minimum atomic E-state index is -0.602. The number of nitriles is 1. The first kappa shape index (κ1) is 11.0. The summed E-state index contributed by atoms with van der Waals surface area (Å²) in [5, 5.41) is 8.72. The highest BCUT2D eigenvalue weighted by Gasteiger charge is 2.09. The van der Waals surface area contributed by atoms with Crippen LogP contribution in [0.25, 0.3) is 22.6 Å². The second-order valence-corrected chi connectivity index (χ2v) is 3.91. The second kappa shape index (κ2) is 3.96. The Morgan fingerprint density at radius 3 is 2.47 bits per heavy atom. The highest BCUT2D eigenvalue weighted by molar-refractivity contribution is 5.74. The van der Waals surface area contributed by atoms with E-state index in [1.807, 2.05) is 6.07 Å². The highest BCUT2D eigenvalue weighted by atomic mass is 16.2. The van der Waals surface area contributed by atoms with Gasteiger partial charge < -0.3 is 4.98 Å². The van der Waals surface area contributed by atoms with Gasteiger partial charge in [-0.3, -0.25) is 14.8 Å². The van der Waals surface area contributed by atoms with Crippen molar-refractivity contribution in [1.29, 1.82) is 5.26 Å². The van der Waals surface area contributed by atoms with Gasteiger partial charge in [-0.2, -0.15) is 5.26 Å². The Labute approximate surface area is 105 Å². The molecule has 0 saturated carbocycles. The van der Waals surface area contributed by atoms with Crippen LogP contribution in [0.5, 0.6) is 0 Å². The summed E-state index contributed by atoms with van der Waals surface area (Å²) >= 11 is 0. The van der Waals surface area contributed by atoms with Gasteiger partial charge in [-0.15, -0.1) is 0 Å². The van der Waals surface area contributed by atoms with Crippen molar-refractivity contribution in [3.05, 3.63) is 50.7 Å². The molecule has 0 aliphatic rings. The van der Waals surface area contributed by atoms with Crippen molar-refractivity contribution in [3.8, 4) is 17.5 Å². The first-order chi connectivity index (χ1) is 9.17. The van der Waals surface area contributed by atoms with Gasteiger partial charge in [0, 0.05) is 5.56 Å². The molecule has 3 aromatic rings. The summed E-state index contributed by atoms with van der Waals surface area (Å²) in [4.78, 5) is 34.2. The van der Waals surface area contributed by atoms with E-state index in [1.54, 1.807) is 24.3 Å². The Bertz CT molecular complexity index is 908. The average molecular weight is 253 g/mol. The van der Waals surface area contributed by atoms with Crippen molar-refractivity contribution in [3.63, 3.8) is 0 Å². The van der Waals surface area contributed by atoms with Gasteiger partial charge in [0.25, 0.3) is 5.56 Å². The largest absolute Gasteiger partial charge is 0.332 e. The zero-order chi connectivity index (χ0) is 13.4. The molecule has 0 spiro atoms. The van der Waals surface area contributed by atoms with Gasteiger partial charge in [0.1, 0.15) is 11.3 Å². The Hall–Kier alpha value is -3.14. The van der Waals surface area contributed by atoms with E-state index < -0.39 is 11.2 Å². The van der Waals surface area contributed by atoms with E-state index in [-0.39, 0.29) is 11.2 Å². The van der Waals surface area contributed by atoms with Crippen LogP contribution in [0.1, 0.15) is 5.56 Å². The molecule has 0 radical (unpaired) electrons. The Morgan fingerprint density at radius 2 is 1.79 bits per heavy atom. The number of imidazole rings is 1. The molecule has 0 amide bonds. The van der Waals surface area contributed by atoms with Crippen LogP contribution in [-0.4, -0.2) is 19.9 Å². The van der Waals surface area contributed by atoms with Gasteiger partial charge in [-0.25, -0.2) is 9.78 Å². The number of rotatable bonds is 1. The lowest BCUT2D eigenvalue weighted by molar-refractivity contribution is 1.07. The van der Waals surface area contributed by atoms with E-state index in [0.717, 1.165) is 5.56 Å². The fourth-order valence-electron chi connectivity index (χ4n) is 1.77. The number of hydrogen-bond acceptors (Lipinski definition) is 4. The zero-order valence-electron chi connectivity index (χ0n) is 9.52. The number of H-pyrrole nitrogens is 3. The molecule has 0 bridgehead atoms. The number of nitrogens with zero attached hydrogens (tertiary/aromatic N) is 2. The molecule has 0 aliphatic heterocycles. The summed E-state index contributed by atoms with van der Waals surface area (Å²) in [7, 11) is 0. The predicted octanol–water partition coefficient (Wildman–Crippen LogP) is 0.478. The van der Waals surface area contributed by atoms with Gasteiger partial charge in [0.05, 0.1) is 11.6 Å². The Balaban J connectivity index is 2.20. The molecule has 7 nitrogen and oxygen atoms in total. The van der Waals surface area contributed by atoms with Gasteiger partial charge in [0.15, 0.2) is 5.65 Å². The first-order valence-electron chi connectivity index (χ1n) is 5.40. The lowest BCUT2D eigenvalue weighted by Crippen LogP contribution is -2.21. The van der Waals surface area contributed by atoms with Crippen molar-refractivity contribution in [1.82, 2.24) is 19.9 Å². The molecule has 2 aromatic heterocycles. The number of aromatic nitrogens is 4. The van der Waals surface area contributed by atoms with Gasteiger partial charge in [-0.05, 0) is 24.3 Å². The first-order valence-corrected chi connectivity index (χ1v) is 5.40. The van der Waals surface area contributed by atoms with E-state index in [1.165, 1.54) is 0 Å². The molecule has 1 aromatic carbocycles. The monoisotopic (exact) mass is 253 g/mol. The van der Waals surface area contributed by atoms with E-state index >= 15 is 0 Å². The van der Waals surface area contributed by atoms with Crippen LogP contribution in [-0.2, 0) is 0 Å². The van der Waals surface area contributed by atoms with E-state index in [9.17, 15) is 9.59 Å². The fraction of sp³-hybridized carbons (Fsp3) is 0. The van der Waals surface area contributed by atoms with Crippen LogP contribution < -0.4 is 11.2 Å². The molecule has 3 N–H and O–H groups in total. The molecule has 0 atom stereocenters. The molecule has 92 valence electrons. The van der Waals surface area contributed by atoms with Crippen molar-refractivity contribution in [2.24, 2.45) is 0 Å². The maximum atomic E-state index is 11.6. The summed E-state index contributed by atoms with van der Waals surface area (Å²) in [5.74, 6) is 0.451. The van der Waals surface area contributed by atoms with Crippen LogP contribution in [0, 0.1) is 11.3 Å². The van der Waals surface area contributed by atoms with E-state index in [0.29, 0.717) is 11.4 Å². The quantitative estimate of drug-likeness (QED) is 0.584. The smallest absolute Gasteiger partial charge is 0.327 e. The molecule has 2 heterocycles. The lowest BCUT2D eigenvalue weighted by atomic mass is 10.1. The Kier molecular flexibility index (Phi) is 2.29. The van der Waals surface area contributed by atoms with Crippen molar-refractivity contribution in [2.45, 2.75) is 0 Å². The number of hydrogen-bond donors (Lipinski definition) is 3. The zero-order valence-corrected chi connectivity index (χ0v) is 9.52. The molecular weight excluding hydrogens is 246 g/mol. The van der Waals surface area contributed by atoms with Crippen LogP contribution in [0.3, 0.4) is 0 Å². The molecule has 0 saturated heterocycles. The third-order valence-corrected chi connectivity index (χ3v) is 2.68. The molecule has 0 aliphatic carbocycles. The topological polar surface area (TPSA) is 118 Å². The summed E-state index contributed by atoms with van der Waals surface area (Å²) in [6, 6.07) is 8.73. The minimum Gasteiger partial charge on any atom is -0.332 e. The SMILES string of the molecule is N#Cc1ccc(-c2nc3[nH]c(=O)[nH]c(=O)c3[nH]2)cc1. The fourth-order valence-corrected chi connectivity index (χ4v) is 1.77. The number of nitrogens with one attached hydrogen (secondary N) is 3. The van der Waals surface area contributed by atoms with E-state index in [4.69, 9.17) is 5.26 Å².